The van der Waals surface area contributed by atoms with E-state index in [2.05, 4.69) is 29.0 Å². The second-order valence-corrected chi connectivity index (χ2v) is 26.4. The number of pyridine rings is 1. The lowest BCUT2D eigenvalue weighted by Crippen LogP contribution is -2.61. The number of anilines is 1. The average molecular weight is 1300 g/mol. The molecule has 450 valence electrons. The Bertz CT molecular complexity index is 2450. The zero-order valence-electron chi connectivity index (χ0n) is 48.7. The molecule has 0 radical (unpaired) electrons. The second-order valence-electron chi connectivity index (χ2n) is 23.2. The summed E-state index contributed by atoms with van der Waals surface area (Å²) in [4.78, 5) is 63.9. The highest BCUT2D eigenvalue weighted by Gasteiger charge is 2.62. The zero-order chi connectivity index (χ0) is 59.3. The fourth-order valence-electron chi connectivity index (χ4n) is 12.0. The monoisotopic (exact) mass is 1300 g/mol. The molecule has 0 saturated carbocycles. The number of thioether (sulfide) groups is 1. The first-order valence-corrected chi connectivity index (χ1v) is 30.5. The minimum Gasteiger partial charge on any atom is -0.493 e. The number of Topliss-reactive ketones (excluding diaryl/α,β-unsaturated/α-hetero) is 1. The van der Waals surface area contributed by atoms with Gasteiger partial charge in [0.1, 0.15) is 23.2 Å². The first kappa shape index (κ1) is 66.5. The van der Waals surface area contributed by atoms with E-state index in [0.29, 0.717) is 36.0 Å². The summed E-state index contributed by atoms with van der Waals surface area (Å²) in [5.41, 5.74) is -3.42. The van der Waals surface area contributed by atoms with E-state index in [9.17, 15) is 24.6 Å². The molecule has 1 aromatic heterocycles. The Kier molecular flexibility index (Phi) is 23.3. The molecular weight excluding hydrogens is 1210 g/mol. The maximum atomic E-state index is 15.2. The number of nitrogens with one attached hydrogen (secondary N) is 1. The van der Waals surface area contributed by atoms with Crippen LogP contribution in [0, 0.1) is 35.5 Å². The number of likely N-dealkylation sites (N-methyl/N-ethyl adjacent to an activating group) is 1. The van der Waals surface area contributed by atoms with Crippen LogP contribution in [-0.4, -0.2) is 172 Å². The van der Waals surface area contributed by atoms with Crippen LogP contribution in [0.4, 0.5) is 5.69 Å². The van der Waals surface area contributed by atoms with E-state index in [1.807, 2.05) is 57.3 Å². The van der Waals surface area contributed by atoms with Crippen molar-refractivity contribution in [3.63, 3.8) is 0 Å². The van der Waals surface area contributed by atoms with Gasteiger partial charge in [-0.1, -0.05) is 57.8 Å². The van der Waals surface area contributed by atoms with Crippen LogP contribution in [0.5, 0.6) is 11.5 Å². The lowest BCUT2D eigenvalue weighted by molar-refractivity contribution is -0.319. The van der Waals surface area contributed by atoms with Crippen molar-refractivity contribution in [2.24, 2.45) is 35.5 Å². The van der Waals surface area contributed by atoms with Crippen LogP contribution in [0.15, 0.2) is 30.6 Å². The minimum atomic E-state index is -1.49. The zero-order valence-corrected chi connectivity index (χ0v) is 53.2. The van der Waals surface area contributed by atoms with E-state index < -0.39 is 117 Å². The number of hydrogen-bond acceptors (Lipinski definition) is 19. The number of fused-ring (bicyclic) bond motifs is 1. The SMILES string of the molecule is COc1ccc(C(=O)Nc2c(Cl)cncc2Cl)cc1OCCCS[C@@H]1C(=O)O[C@@]2(C)[C@H]1[C@@H](C)C(=O)[C@H](C)C[C@@](C)(OC)[C@H](O[C@@H]1O[C@H](C)C[C@H](N(C)CC(C)C)[C@H]1O)[C@@H](C)[C@H](O[C@H]1C[C@@](C)(OC)[C@@H](O)[C@H](C)O1)[C@@H](C)C(=O)O[C@@H]2I. The summed E-state index contributed by atoms with van der Waals surface area (Å²) < 4.78 is 62.5. The number of cyclic esters (lactones) is 1. The summed E-state index contributed by atoms with van der Waals surface area (Å²) >= 11 is 15.8. The molecule has 19 nitrogen and oxygen atoms in total. The van der Waals surface area contributed by atoms with Crippen molar-refractivity contribution in [3.8, 4) is 11.5 Å². The summed E-state index contributed by atoms with van der Waals surface area (Å²) in [6.45, 7) is 21.2. The summed E-state index contributed by atoms with van der Waals surface area (Å²) in [6.07, 6.45) is -3.46. The van der Waals surface area contributed by atoms with Gasteiger partial charge in [-0.15, -0.1) is 11.8 Å². The summed E-state index contributed by atoms with van der Waals surface area (Å²) in [5, 5.41) is 25.5. The molecule has 0 aliphatic carbocycles. The third kappa shape index (κ3) is 14.9. The molecule has 80 heavy (non-hydrogen) atoms. The first-order valence-electron chi connectivity index (χ1n) is 27.5. The molecule has 1 amide bonds. The van der Waals surface area contributed by atoms with Crippen molar-refractivity contribution in [1.29, 1.82) is 0 Å². The van der Waals surface area contributed by atoms with Gasteiger partial charge in [-0.25, -0.2) is 0 Å². The van der Waals surface area contributed by atoms with Crippen LogP contribution in [0.2, 0.25) is 10.0 Å². The second kappa shape index (κ2) is 28.0. The molecule has 0 unspecified atom stereocenters. The van der Waals surface area contributed by atoms with Gasteiger partial charge in [0.15, 0.2) is 33.8 Å². The van der Waals surface area contributed by atoms with E-state index >= 15 is 4.79 Å². The highest BCUT2D eigenvalue weighted by atomic mass is 127. The number of nitrogens with zero attached hydrogens (tertiary/aromatic N) is 2. The number of rotatable bonds is 18. The lowest BCUT2D eigenvalue weighted by atomic mass is 9.72. The first-order chi connectivity index (χ1) is 37.5. The standard InChI is InChI=1S/C57H84Cl2IN3O16S/c1-28(2)27-63(12)38-21-30(4)74-53(45(38)65)77-49-32(6)46(76-41-24-55(9,71-14)48(66)34(8)75-41)33(7)51(68)78-54(60)57(11)42(31(5)44(64)29(3)23-56(49,10)72-15)47(52(69)79-57)80-20-16-19-73-40-22-35(17-18-39(40)70-13)50(67)62-43-36(58)25-61-26-37(43)59/h17-18,22,25-26,28-34,38,41-42,45-49,53-54,65-66H,16,19-21,23-24,27H2,1-15H3,(H,61,62,67)/t29-,30-,31-,32+,33-,34+,38+,41+,42+,45-,46+,47+,48+,49-,53+,54+,55-,56-,57+/m1/s1. The van der Waals surface area contributed by atoms with Gasteiger partial charge in [0.05, 0.1) is 71.0 Å². The predicted octanol–water partition coefficient (Wildman–Crippen LogP) is 8.80. The van der Waals surface area contributed by atoms with Gasteiger partial charge in [-0.3, -0.25) is 24.2 Å². The van der Waals surface area contributed by atoms with E-state index in [1.165, 1.54) is 51.6 Å². The summed E-state index contributed by atoms with van der Waals surface area (Å²) in [7, 11) is 6.50. The molecule has 3 N–H and O–H groups in total. The molecule has 2 aromatic rings. The third-order valence-electron chi connectivity index (χ3n) is 16.6. The van der Waals surface area contributed by atoms with Crippen molar-refractivity contribution in [1.82, 2.24) is 9.88 Å². The number of aliphatic hydroxyl groups excluding tert-OH is 2. The summed E-state index contributed by atoms with van der Waals surface area (Å²) in [5.74, 6) is -4.67. The smallest absolute Gasteiger partial charge is 0.320 e. The Balaban J connectivity index is 1.30. The van der Waals surface area contributed by atoms with E-state index in [4.69, 9.17) is 70.6 Å². The van der Waals surface area contributed by atoms with Crippen LogP contribution in [0.3, 0.4) is 0 Å². The van der Waals surface area contributed by atoms with Gasteiger partial charge in [-0.2, -0.15) is 0 Å². The number of hydrogen-bond donors (Lipinski definition) is 3. The molecule has 5 heterocycles. The van der Waals surface area contributed by atoms with Gasteiger partial charge >= 0.3 is 11.9 Å². The van der Waals surface area contributed by atoms with Crippen LogP contribution in [-0.2, 0) is 52.3 Å². The van der Waals surface area contributed by atoms with Crippen molar-refractivity contribution >= 4 is 86.9 Å². The van der Waals surface area contributed by atoms with E-state index in [0.717, 1.165) is 6.54 Å². The number of ketones is 1. The van der Waals surface area contributed by atoms with Crippen LogP contribution in [0.1, 0.15) is 112 Å². The molecule has 0 spiro atoms. The molecule has 0 bridgehead atoms. The Labute approximate surface area is 499 Å². The van der Waals surface area contributed by atoms with Crippen molar-refractivity contribution in [2.45, 2.75) is 183 Å². The van der Waals surface area contributed by atoms with Crippen LogP contribution < -0.4 is 14.8 Å². The van der Waals surface area contributed by atoms with E-state index in [-0.39, 0.29) is 58.7 Å². The normalized spacial score (nSPS) is 37.4. The molecule has 6 rings (SSSR count). The Morgan fingerprint density at radius 1 is 0.925 bits per heavy atom. The topological polar surface area (TPSA) is 229 Å². The van der Waals surface area contributed by atoms with Gasteiger partial charge < -0.3 is 67.8 Å². The van der Waals surface area contributed by atoms with Crippen LogP contribution in [0.25, 0.3) is 0 Å². The quantitative estimate of drug-likeness (QED) is 0.0548. The minimum absolute atomic E-state index is 0.0952. The number of carbonyl (C=O) groups excluding carboxylic acids is 4. The number of aliphatic hydroxyl groups is 2. The maximum Gasteiger partial charge on any atom is 0.320 e. The molecule has 4 aliphatic rings. The highest BCUT2D eigenvalue weighted by molar-refractivity contribution is 14.1. The number of methoxy groups -OCH3 is 3. The molecule has 19 atom stereocenters. The predicted molar refractivity (Wildman–Crippen MR) is 311 cm³/mol. The Morgan fingerprint density at radius 3 is 2.21 bits per heavy atom. The number of carbonyl (C=O) groups is 4. The maximum absolute atomic E-state index is 15.2. The third-order valence-corrected chi connectivity index (χ3v) is 20.0. The number of ether oxygens (including phenoxy) is 10. The number of aromatic nitrogens is 1. The molecule has 4 saturated heterocycles. The molecule has 1 aromatic carbocycles. The molecule has 4 aliphatic heterocycles. The number of benzene rings is 1. The van der Waals surface area contributed by atoms with Crippen molar-refractivity contribution in [2.75, 3.05) is 52.6 Å². The fourth-order valence-corrected chi connectivity index (χ4v) is 14.7. The molecule has 4 fully saturated rings. The Hall–Kier alpha value is -2.65. The Morgan fingerprint density at radius 2 is 1.59 bits per heavy atom. The van der Waals surface area contributed by atoms with E-state index in [1.54, 1.807) is 46.8 Å². The number of amides is 1. The molecular formula is C57H84Cl2IN3O16S. The van der Waals surface area contributed by atoms with Gasteiger partial charge in [0.25, 0.3) is 5.91 Å². The number of alkyl halides is 1. The number of halogens is 3. The lowest BCUT2D eigenvalue weighted by Gasteiger charge is -2.50. The summed E-state index contributed by atoms with van der Waals surface area (Å²) in [6, 6.07) is 4.39. The fraction of sp³-hybridized carbons (Fsp3) is 0.737. The number of esters is 2. The van der Waals surface area contributed by atoms with Crippen molar-refractivity contribution in [3.05, 3.63) is 46.2 Å². The highest BCUT2D eigenvalue weighted by Crippen LogP contribution is 2.50. The van der Waals surface area contributed by atoms with Gasteiger partial charge in [-0.05, 0) is 120 Å². The largest absolute Gasteiger partial charge is 0.493 e. The van der Waals surface area contributed by atoms with Gasteiger partial charge in [0.2, 0.25) is 0 Å². The van der Waals surface area contributed by atoms with Crippen molar-refractivity contribution < 1.29 is 76.8 Å². The van der Waals surface area contributed by atoms with Crippen LogP contribution >= 0.6 is 57.6 Å². The van der Waals surface area contributed by atoms with Gasteiger partial charge in [0, 0.05) is 74.9 Å². The average Bonchev–Trinajstić information content (AvgIpc) is 3.82. The molecule has 23 heteroatoms.